The van der Waals surface area contributed by atoms with Crippen LogP contribution in [0.1, 0.15) is 9.75 Å². The van der Waals surface area contributed by atoms with Gasteiger partial charge in [0.2, 0.25) is 5.91 Å². The number of aromatic nitrogens is 3. The first-order valence-electron chi connectivity index (χ1n) is 9.45. The van der Waals surface area contributed by atoms with Gasteiger partial charge >= 0.3 is 0 Å². The summed E-state index contributed by atoms with van der Waals surface area (Å²) in [5.74, 6) is 0.569. The van der Waals surface area contributed by atoms with E-state index in [0.717, 1.165) is 55.2 Å². The van der Waals surface area contributed by atoms with Crippen molar-refractivity contribution in [1.82, 2.24) is 24.6 Å². The second-order valence-corrected chi connectivity index (χ2v) is 10.6. The van der Waals surface area contributed by atoms with Gasteiger partial charge in [-0.2, -0.15) is 0 Å². The number of piperazine rings is 1. The van der Waals surface area contributed by atoms with Crippen LogP contribution in [-0.4, -0.2) is 62.4 Å². The highest BCUT2D eigenvalue weighted by molar-refractivity contribution is 7.99. The number of thiophene rings is 2. The summed E-state index contributed by atoms with van der Waals surface area (Å²) < 4.78 is 2.86. The van der Waals surface area contributed by atoms with Crippen LogP contribution in [0.3, 0.4) is 0 Å². The van der Waals surface area contributed by atoms with Crippen LogP contribution in [-0.2, 0) is 24.3 Å². The topological polar surface area (TPSA) is 54.3 Å². The molecule has 10 heteroatoms. The Morgan fingerprint density at radius 1 is 1.17 bits per heavy atom. The molecule has 3 aromatic rings. The van der Waals surface area contributed by atoms with Gasteiger partial charge in [-0.3, -0.25) is 9.69 Å². The first-order chi connectivity index (χ1) is 14.2. The van der Waals surface area contributed by atoms with E-state index in [-0.39, 0.29) is 5.91 Å². The van der Waals surface area contributed by atoms with E-state index in [1.54, 1.807) is 29.0 Å². The van der Waals surface area contributed by atoms with Gasteiger partial charge in [0.25, 0.3) is 0 Å². The van der Waals surface area contributed by atoms with Crippen molar-refractivity contribution in [2.75, 3.05) is 31.9 Å². The van der Waals surface area contributed by atoms with E-state index in [4.69, 9.17) is 11.6 Å². The largest absolute Gasteiger partial charge is 0.339 e. The number of halogens is 1. The molecule has 0 atom stereocenters. The van der Waals surface area contributed by atoms with Gasteiger partial charge in [-0.25, -0.2) is 0 Å². The lowest BCUT2D eigenvalue weighted by Crippen LogP contribution is -2.48. The summed E-state index contributed by atoms with van der Waals surface area (Å²) in [7, 11) is 0. The molecule has 0 aromatic carbocycles. The predicted octanol–water partition coefficient (Wildman–Crippen LogP) is 3.73. The minimum atomic E-state index is 0.168. The third kappa shape index (κ3) is 5.82. The molecule has 6 nitrogen and oxygen atoms in total. The standard InChI is InChI=1S/C19H22ClN5OS3/c20-17-4-3-16(29-17)12-23-7-9-24(10-8-23)18(26)13-28-19-22-21-14-25(19)6-5-15-2-1-11-27-15/h1-4,11,14H,5-10,12-13H2. The van der Waals surface area contributed by atoms with Gasteiger partial charge < -0.3 is 9.47 Å². The number of aryl methyl sites for hydroxylation is 2. The van der Waals surface area contributed by atoms with Gasteiger partial charge in [-0.15, -0.1) is 32.9 Å². The fourth-order valence-electron chi connectivity index (χ4n) is 3.23. The molecule has 154 valence electrons. The molecule has 4 heterocycles. The normalized spacial score (nSPS) is 15.1. The van der Waals surface area contributed by atoms with Crippen LogP contribution in [0, 0.1) is 0 Å². The Kier molecular flexibility index (Phi) is 7.25. The van der Waals surface area contributed by atoms with Crippen molar-refractivity contribution >= 4 is 51.9 Å². The van der Waals surface area contributed by atoms with Gasteiger partial charge in [-0.1, -0.05) is 29.4 Å². The summed E-state index contributed by atoms with van der Waals surface area (Å²) in [5.41, 5.74) is 0. The van der Waals surface area contributed by atoms with Crippen LogP contribution in [0.15, 0.2) is 41.1 Å². The molecule has 29 heavy (non-hydrogen) atoms. The van der Waals surface area contributed by atoms with Crippen LogP contribution in [0.4, 0.5) is 0 Å². The number of amides is 1. The monoisotopic (exact) mass is 467 g/mol. The average Bonchev–Trinajstić information content (AvgIpc) is 3.48. The van der Waals surface area contributed by atoms with Crippen molar-refractivity contribution in [3.8, 4) is 0 Å². The van der Waals surface area contributed by atoms with Gasteiger partial charge in [0.05, 0.1) is 10.1 Å². The number of hydrogen-bond acceptors (Lipinski definition) is 7. The van der Waals surface area contributed by atoms with E-state index in [1.165, 1.54) is 21.5 Å². The van der Waals surface area contributed by atoms with E-state index >= 15 is 0 Å². The summed E-state index contributed by atoms with van der Waals surface area (Å²) in [6.07, 6.45) is 2.70. The van der Waals surface area contributed by atoms with Crippen molar-refractivity contribution in [2.24, 2.45) is 0 Å². The number of carbonyl (C=O) groups is 1. The molecule has 0 aliphatic carbocycles. The molecule has 1 amide bonds. The van der Waals surface area contributed by atoms with Crippen LogP contribution >= 0.6 is 46.0 Å². The molecule has 1 aliphatic rings. The molecular formula is C19H22ClN5OS3. The average molecular weight is 468 g/mol. The molecule has 1 saturated heterocycles. The van der Waals surface area contributed by atoms with Crippen molar-refractivity contribution in [2.45, 2.75) is 24.7 Å². The molecule has 1 fully saturated rings. The smallest absolute Gasteiger partial charge is 0.233 e. The summed E-state index contributed by atoms with van der Waals surface area (Å²) >= 11 is 10.9. The maximum absolute atomic E-state index is 12.6. The Hall–Kier alpha value is -1.39. The summed E-state index contributed by atoms with van der Waals surface area (Å²) in [6, 6.07) is 8.22. The molecule has 0 bridgehead atoms. The molecule has 0 saturated carbocycles. The number of rotatable bonds is 8. The third-order valence-electron chi connectivity index (χ3n) is 4.82. The third-order valence-corrected chi connectivity index (χ3v) is 7.93. The number of hydrogen-bond donors (Lipinski definition) is 0. The highest BCUT2D eigenvalue weighted by atomic mass is 35.5. The number of carbonyl (C=O) groups excluding carboxylic acids is 1. The van der Waals surface area contributed by atoms with Gasteiger partial charge in [-0.05, 0) is 30.0 Å². The van der Waals surface area contributed by atoms with E-state index in [2.05, 4.69) is 38.7 Å². The maximum atomic E-state index is 12.6. The van der Waals surface area contributed by atoms with Gasteiger partial charge in [0.1, 0.15) is 6.33 Å². The van der Waals surface area contributed by atoms with E-state index in [0.29, 0.717) is 5.75 Å². The van der Waals surface area contributed by atoms with Crippen LogP contribution < -0.4 is 0 Å². The molecule has 0 N–H and O–H groups in total. The first-order valence-corrected chi connectivity index (χ1v) is 12.5. The summed E-state index contributed by atoms with van der Waals surface area (Å²) in [5, 5.41) is 11.1. The lowest BCUT2D eigenvalue weighted by atomic mass is 10.3. The van der Waals surface area contributed by atoms with Gasteiger partial charge in [0.15, 0.2) is 5.16 Å². The lowest BCUT2D eigenvalue weighted by molar-refractivity contribution is -0.130. The van der Waals surface area contributed by atoms with Crippen molar-refractivity contribution in [3.63, 3.8) is 0 Å². The van der Waals surface area contributed by atoms with Crippen molar-refractivity contribution in [3.05, 3.63) is 50.1 Å². The molecule has 3 aromatic heterocycles. The van der Waals surface area contributed by atoms with E-state index in [1.807, 2.05) is 15.5 Å². The second kappa shape index (κ2) is 10.1. The summed E-state index contributed by atoms with van der Waals surface area (Å²) in [4.78, 5) is 19.6. The quantitative estimate of drug-likeness (QED) is 0.472. The van der Waals surface area contributed by atoms with E-state index < -0.39 is 0 Å². The minimum absolute atomic E-state index is 0.168. The first kappa shape index (κ1) is 20.9. The van der Waals surface area contributed by atoms with Crippen LogP contribution in [0.25, 0.3) is 0 Å². The zero-order chi connectivity index (χ0) is 20.1. The Morgan fingerprint density at radius 2 is 2.03 bits per heavy atom. The molecule has 1 aliphatic heterocycles. The summed E-state index contributed by atoms with van der Waals surface area (Å²) in [6.45, 7) is 5.05. The number of thioether (sulfide) groups is 1. The SMILES string of the molecule is O=C(CSc1nncn1CCc1cccs1)N1CCN(Cc2ccc(Cl)s2)CC1. The van der Waals surface area contributed by atoms with E-state index in [9.17, 15) is 4.79 Å². The molecular weight excluding hydrogens is 446 g/mol. The second-order valence-electron chi connectivity index (χ2n) is 6.79. The highest BCUT2D eigenvalue weighted by Crippen LogP contribution is 2.23. The molecule has 0 unspecified atom stereocenters. The Labute approximate surface area is 187 Å². The maximum Gasteiger partial charge on any atom is 0.233 e. The number of nitrogens with zero attached hydrogens (tertiary/aromatic N) is 5. The molecule has 0 radical (unpaired) electrons. The fraction of sp³-hybridized carbons (Fsp3) is 0.421. The van der Waals surface area contributed by atoms with Crippen LogP contribution in [0.2, 0.25) is 4.34 Å². The Morgan fingerprint density at radius 3 is 2.76 bits per heavy atom. The Bertz CT molecular complexity index is 918. The highest BCUT2D eigenvalue weighted by Gasteiger charge is 2.22. The van der Waals surface area contributed by atoms with Crippen LogP contribution in [0.5, 0.6) is 0 Å². The fourth-order valence-corrected chi connectivity index (χ4v) is 5.90. The zero-order valence-corrected chi connectivity index (χ0v) is 19.1. The lowest BCUT2D eigenvalue weighted by Gasteiger charge is -2.34. The molecule has 0 spiro atoms. The predicted molar refractivity (Wildman–Crippen MR) is 120 cm³/mol. The zero-order valence-electron chi connectivity index (χ0n) is 15.9. The Balaban J connectivity index is 1.21. The van der Waals surface area contributed by atoms with Gasteiger partial charge in [0, 0.05) is 49.0 Å². The molecule has 4 rings (SSSR count). The minimum Gasteiger partial charge on any atom is -0.339 e. The van der Waals surface area contributed by atoms with Crippen molar-refractivity contribution in [1.29, 1.82) is 0 Å². The van der Waals surface area contributed by atoms with Crippen molar-refractivity contribution < 1.29 is 4.79 Å².